The number of benzene rings is 2. The molecule has 2 heterocycles. The van der Waals surface area contributed by atoms with Crippen LogP contribution in [0.4, 0.5) is 5.69 Å². The molecular formula is C24H20N2O3. The van der Waals surface area contributed by atoms with E-state index in [9.17, 15) is 14.7 Å². The number of carbonyl (C=O) groups is 2. The van der Waals surface area contributed by atoms with Gasteiger partial charge in [0.1, 0.15) is 5.76 Å². The van der Waals surface area contributed by atoms with Gasteiger partial charge in [-0.05, 0) is 48.7 Å². The summed E-state index contributed by atoms with van der Waals surface area (Å²) in [4.78, 5) is 31.7. The van der Waals surface area contributed by atoms with Crippen molar-refractivity contribution in [2.75, 3.05) is 4.90 Å². The van der Waals surface area contributed by atoms with Crippen LogP contribution in [0.3, 0.4) is 0 Å². The number of ketones is 1. The van der Waals surface area contributed by atoms with Crippen LogP contribution in [-0.2, 0) is 9.59 Å². The fourth-order valence-electron chi connectivity index (χ4n) is 3.77. The highest BCUT2D eigenvalue weighted by atomic mass is 16.3. The second-order valence-electron chi connectivity index (χ2n) is 7.05. The van der Waals surface area contributed by atoms with Crippen LogP contribution in [0.2, 0.25) is 0 Å². The van der Waals surface area contributed by atoms with Gasteiger partial charge in [-0.3, -0.25) is 19.5 Å². The van der Waals surface area contributed by atoms with E-state index < -0.39 is 17.7 Å². The first-order valence-corrected chi connectivity index (χ1v) is 9.33. The first-order chi connectivity index (χ1) is 14.0. The zero-order valence-electron chi connectivity index (χ0n) is 16.2. The number of carbonyl (C=O) groups excluding carboxylic acids is 2. The van der Waals surface area contributed by atoms with Crippen LogP contribution in [0.25, 0.3) is 5.76 Å². The van der Waals surface area contributed by atoms with Crippen molar-refractivity contribution in [3.8, 4) is 0 Å². The minimum Gasteiger partial charge on any atom is -0.507 e. The van der Waals surface area contributed by atoms with E-state index in [4.69, 9.17) is 0 Å². The fourth-order valence-corrected chi connectivity index (χ4v) is 3.77. The number of aromatic nitrogens is 1. The zero-order chi connectivity index (χ0) is 20.5. The number of nitrogens with zero attached hydrogens (tertiary/aromatic N) is 2. The molecule has 144 valence electrons. The predicted molar refractivity (Wildman–Crippen MR) is 111 cm³/mol. The molecule has 1 aliphatic rings. The minimum atomic E-state index is -0.717. The summed E-state index contributed by atoms with van der Waals surface area (Å²) in [5, 5.41) is 11.0. The van der Waals surface area contributed by atoms with Gasteiger partial charge < -0.3 is 5.11 Å². The van der Waals surface area contributed by atoms with E-state index >= 15 is 0 Å². The molecule has 1 N–H and O–H groups in total. The number of aryl methyl sites for hydroxylation is 2. The van der Waals surface area contributed by atoms with Crippen LogP contribution < -0.4 is 4.90 Å². The lowest BCUT2D eigenvalue weighted by molar-refractivity contribution is -0.132. The van der Waals surface area contributed by atoms with Crippen LogP contribution in [0, 0.1) is 13.8 Å². The number of anilines is 1. The Morgan fingerprint density at radius 3 is 2.17 bits per heavy atom. The molecule has 1 amide bonds. The van der Waals surface area contributed by atoms with E-state index in [0.29, 0.717) is 11.3 Å². The van der Waals surface area contributed by atoms with Gasteiger partial charge in [-0.15, -0.1) is 0 Å². The van der Waals surface area contributed by atoms with Gasteiger partial charge in [0.15, 0.2) is 0 Å². The van der Waals surface area contributed by atoms with Crippen LogP contribution in [-0.4, -0.2) is 21.8 Å². The van der Waals surface area contributed by atoms with Gasteiger partial charge in [0.25, 0.3) is 11.7 Å². The van der Waals surface area contributed by atoms with Gasteiger partial charge in [-0.25, -0.2) is 0 Å². The molecule has 1 saturated heterocycles. The Labute approximate surface area is 169 Å². The number of hydrogen-bond donors (Lipinski definition) is 1. The Bertz CT molecular complexity index is 1140. The third-order valence-corrected chi connectivity index (χ3v) is 5.26. The summed E-state index contributed by atoms with van der Waals surface area (Å²) in [5.74, 6) is -1.55. The Morgan fingerprint density at radius 2 is 1.52 bits per heavy atom. The highest BCUT2D eigenvalue weighted by Gasteiger charge is 2.47. The third kappa shape index (κ3) is 3.10. The van der Waals surface area contributed by atoms with Gasteiger partial charge >= 0.3 is 0 Å². The molecule has 0 bridgehead atoms. The van der Waals surface area contributed by atoms with Crippen LogP contribution in [0.5, 0.6) is 0 Å². The highest BCUT2D eigenvalue weighted by molar-refractivity contribution is 6.51. The maximum absolute atomic E-state index is 13.1. The Hall–Kier alpha value is -3.73. The maximum atomic E-state index is 13.1. The summed E-state index contributed by atoms with van der Waals surface area (Å²) >= 11 is 0. The first kappa shape index (κ1) is 18.6. The first-order valence-electron chi connectivity index (χ1n) is 9.33. The number of para-hydroxylation sites is 1. The molecule has 1 atom stereocenters. The number of Topliss-reactive ketones (excluding diaryl/α,β-unsaturated/α-hetero) is 1. The van der Waals surface area contributed by atoms with Gasteiger partial charge in [0, 0.05) is 23.6 Å². The van der Waals surface area contributed by atoms with E-state index in [-0.39, 0.29) is 11.3 Å². The molecule has 5 heteroatoms. The standard InChI is InChI=1S/C24H20N2O3/c1-15-7-3-5-9-18(15)21-20(22(27)17-11-13-25-14-12-17)23(28)24(29)26(21)19-10-6-4-8-16(19)2/h3-14,21,27H,1-2H3/b22-20+. The average molecular weight is 384 g/mol. The fraction of sp³-hybridized carbons (Fsp3) is 0.125. The van der Waals surface area contributed by atoms with Crippen molar-refractivity contribution in [3.63, 3.8) is 0 Å². The Kier molecular flexibility index (Phi) is 4.72. The van der Waals surface area contributed by atoms with E-state index in [1.165, 1.54) is 17.3 Å². The lowest BCUT2D eigenvalue weighted by atomic mass is 9.92. The molecule has 1 fully saturated rings. The molecule has 5 nitrogen and oxygen atoms in total. The summed E-state index contributed by atoms with van der Waals surface area (Å²) in [6, 6.07) is 17.5. The van der Waals surface area contributed by atoms with E-state index in [0.717, 1.165) is 16.7 Å². The van der Waals surface area contributed by atoms with Crippen molar-refractivity contribution in [3.05, 3.63) is 101 Å². The van der Waals surface area contributed by atoms with Gasteiger partial charge in [-0.1, -0.05) is 42.5 Å². The number of hydrogen-bond acceptors (Lipinski definition) is 4. The molecule has 1 aliphatic heterocycles. The smallest absolute Gasteiger partial charge is 0.300 e. The molecule has 0 spiro atoms. The van der Waals surface area contributed by atoms with E-state index in [1.807, 2.05) is 62.4 Å². The average Bonchev–Trinajstić information content (AvgIpc) is 2.99. The lowest BCUT2D eigenvalue weighted by Crippen LogP contribution is -2.30. The molecule has 0 saturated carbocycles. The molecule has 0 aliphatic carbocycles. The maximum Gasteiger partial charge on any atom is 0.300 e. The molecule has 4 rings (SSSR count). The minimum absolute atomic E-state index is 0.0822. The molecule has 3 aromatic rings. The quantitative estimate of drug-likeness (QED) is 0.415. The number of amides is 1. The van der Waals surface area contributed by atoms with Crippen molar-refractivity contribution in [2.24, 2.45) is 0 Å². The monoisotopic (exact) mass is 384 g/mol. The highest BCUT2D eigenvalue weighted by Crippen LogP contribution is 2.43. The van der Waals surface area contributed by atoms with Crippen molar-refractivity contribution in [2.45, 2.75) is 19.9 Å². The van der Waals surface area contributed by atoms with E-state index in [1.54, 1.807) is 12.1 Å². The zero-order valence-corrected chi connectivity index (χ0v) is 16.2. The Morgan fingerprint density at radius 1 is 0.897 bits per heavy atom. The SMILES string of the molecule is Cc1ccccc1C1/C(=C(\O)c2ccncc2)C(=O)C(=O)N1c1ccccc1C. The molecule has 0 radical (unpaired) electrons. The largest absolute Gasteiger partial charge is 0.507 e. The Balaban J connectivity index is 2.01. The summed E-state index contributed by atoms with van der Waals surface area (Å²) in [6.07, 6.45) is 3.07. The number of aliphatic hydroxyl groups is 1. The third-order valence-electron chi connectivity index (χ3n) is 5.26. The molecule has 2 aromatic carbocycles. The van der Waals surface area contributed by atoms with Crippen LogP contribution in [0.1, 0.15) is 28.3 Å². The summed E-state index contributed by atoms with van der Waals surface area (Å²) in [6.45, 7) is 3.83. The van der Waals surface area contributed by atoms with Gasteiger partial charge in [0.2, 0.25) is 0 Å². The topological polar surface area (TPSA) is 70.5 Å². The lowest BCUT2D eigenvalue weighted by Gasteiger charge is -2.27. The molecule has 1 aromatic heterocycles. The van der Waals surface area contributed by atoms with Crippen LogP contribution in [0.15, 0.2) is 78.6 Å². The second-order valence-corrected chi connectivity index (χ2v) is 7.05. The van der Waals surface area contributed by atoms with E-state index in [2.05, 4.69) is 4.98 Å². The van der Waals surface area contributed by atoms with Crippen molar-refractivity contribution in [1.29, 1.82) is 0 Å². The second kappa shape index (κ2) is 7.36. The summed E-state index contributed by atoms with van der Waals surface area (Å²) in [7, 11) is 0. The number of pyridine rings is 1. The predicted octanol–water partition coefficient (Wildman–Crippen LogP) is 4.32. The van der Waals surface area contributed by atoms with Crippen molar-refractivity contribution >= 4 is 23.1 Å². The number of rotatable bonds is 3. The van der Waals surface area contributed by atoms with Crippen molar-refractivity contribution < 1.29 is 14.7 Å². The normalized spacial score (nSPS) is 18.3. The molecule has 29 heavy (non-hydrogen) atoms. The summed E-state index contributed by atoms with van der Waals surface area (Å²) < 4.78 is 0. The van der Waals surface area contributed by atoms with Crippen molar-refractivity contribution in [1.82, 2.24) is 4.98 Å². The molecular weight excluding hydrogens is 364 g/mol. The number of aliphatic hydroxyl groups excluding tert-OH is 1. The van der Waals surface area contributed by atoms with Gasteiger partial charge in [-0.2, -0.15) is 0 Å². The van der Waals surface area contributed by atoms with Gasteiger partial charge in [0.05, 0.1) is 11.6 Å². The molecule has 1 unspecified atom stereocenters. The summed E-state index contributed by atoms with van der Waals surface area (Å²) in [5.41, 5.74) is 3.78. The van der Waals surface area contributed by atoms with Crippen LogP contribution >= 0.6 is 0 Å².